The number of halogens is 1. The summed E-state index contributed by atoms with van der Waals surface area (Å²) in [6.45, 7) is 1.30. The molecule has 1 aliphatic carbocycles. The highest BCUT2D eigenvalue weighted by atomic mass is 79.9. The van der Waals surface area contributed by atoms with Gasteiger partial charge < -0.3 is 9.64 Å². The largest absolute Gasteiger partial charge is 0.453 e. The van der Waals surface area contributed by atoms with Crippen LogP contribution < -0.4 is 0 Å². The standard InChI is InChI=1S/C15H16BrNO3/c1-20-14(19)17-6-4-15(5-7-17)9-13(18)11-8-10(16)2-3-12(11)15/h2-3,8H,4-7,9H2,1H3. The lowest BCUT2D eigenvalue weighted by molar-refractivity contribution is 0.0887. The monoisotopic (exact) mass is 337 g/mol. The summed E-state index contributed by atoms with van der Waals surface area (Å²) in [5.74, 6) is 0.216. The maximum Gasteiger partial charge on any atom is 0.409 e. The second-order valence-corrected chi connectivity index (χ2v) is 6.44. The lowest BCUT2D eigenvalue weighted by atomic mass is 9.74. The number of carbonyl (C=O) groups excluding carboxylic acids is 2. The molecule has 0 aromatic heterocycles. The van der Waals surface area contributed by atoms with Crippen molar-refractivity contribution in [1.29, 1.82) is 0 Å². The van der Waals surface area contributed by atoms with Crippen LogP contribution in [0.3, 0.4) is 0 Å². The van der Waals surface area contributed by atoms with E-state index in [0.717, 1.165) is 28.4 Å². The molecule has 1 heterocycles. The van der Waals surface area contributed by atoms with Crippen LogP contribution in [-0.2, 0) is 10.2 Å². The predicted octanol–water partition coefficient (Wildman–Crippen LogP) is 3.14. The second kappa shape index (κ2) is 4.88. The van der Waals surface area contributed by atoms with Crippen molar-refractivity contribution in [2.45, 2.75) is 24.7 Å². The topological polar surface area (TPSA) is 46.6 Å². The van der Waals surface area contributed by atoms with Crippen LogP contribution in [0.1, 0.15) is 35.2 Å². The Morgan fingerprint density at radius 2 is 2.05 bits per heavy atom. The van der Waals surface area contributed by atoms with Crippen molar-refractivity contribution in [3.8, 4) is 0 Å². The van der Waals surface area contributed by atoms with E-state index in [1.165, 1.54) is 7.11 Å². The van der Waals surface area contributed by atoms with Crippen LogP contribution >= 0.6 is 15.9 Å². The molecule has 1 spiro atoms. The zero-order valence-corrected chi connectivity index (χ0v) is 12.9. The molecule has 5 heteroatoms. The number of fused-ring (bicyclic) bond motifs is 2. The van der Waals surface area contributed by atoms with Crippen molar-refractivity contribution in [3.63, 3.8) is 0 Å². The summed E-state index contributed by atoms with van der Waals surface area (Å²) >= 11 is 3.42. The Labute approximate surface area is 126 Å². The Hall–Kier alpha value is -1.36. The molecule has 3 rings (SSSR count). The normalized spacial score (nSPS) is 20.1. The molecule has 20 heavy (non-hydrogen) atoms. The number of hydrogen-bond donors (Lipinski definition) is 0. The fraction of sp³-hybridized carbons (Fsp3) is 0.467. The van der Waals surface area contributed by atoms with E-state index in [2.05, 4.69) is 22.0 Å². The van der Waals surface area contributed by atoms with E-state index in [1.54, 1.807) is 4.90 Å². The molecular weight excluding hydrogens is 322 g/mol. The van der Waals surface area contributed by atoms with Crippen molar-refractivity contribution < 1.29 is 14.3 Å². The lowest BCUT2D eigenvalue weighted by Crippen LogP contribution is -2.44. The van der Waals surface area contributed by atoms with Gasteiger partial charge in [-0.2, -0.15) is 0 Å². The molecule has 1 aromatic rings. The van der Waals surface area contributed by atoms with Gasteiger partial charge in [0.2, 0.25) is 0 Å². The molecule has 2 aliphatic rings. The summed E-state index contributed by atoms with van der Waals surface area (Å²) in [6, 6.07) is 5.96. The van der Waals surface area contributed by atoms with Gasteiger partial charge >= 0.3 is 6.09 Å². The summed E-state index contributed by atoms with van der Waals surface area (Å²) in [5, 5.41) is 0. The van der Waals surface area contributed by atoms with Gasteiger partial charge in [-0.05, 0) is 30.5 Å². The van der Waals surface area contributed by atoms with Crippen LogP contribution in [0.5, 0.6) is 0 Å². The molecule has 1 aromatic carbocycles. The molecule has 0 N–H and O–H groups in total. The number of likely N-dealkylation sites (tertiary alicyclic amines) is 1. The number of carbonyl (C=O) groups is 2. The van der Waals surface area contributed by atoms with Gasteiger partial charge in [-0.15, -0.1) is 0 Å². The van der Waals surface area contributed by atoms with Crippen LogP contribution in [0.25, 0.3) is 0 Å². The van der Waals surface area contributed by atoms with Crippen LogP contribution in [0, 0.1) is 0 Å². The Kier molecular flexibility index (Phi) is 3.32. The number of methoxy groups -OCH3 is 1. The van der Waals surface area contributed by atoms with Crippen LogP contribution in [-0.4, -0.2) is 37.0 Å². The molecule has 0 atom stereocenters. The Bertz CT molecular complexity index is 576. The van der Waals surface area contributed by atoms with Crippen LogP contribution in [0.15, 0.2) is 22.7 Å². The Morgan fingerprint density at radius 1 is 1.35 bits per heavy atom. The quantitative estimate of drug-likeness (QED) is 0.730. The zero-order valence-electron chi connectivity index (χ0n) is 11.3. The molecule has 4 nitrogen and oxygen atoms in total. The number of piperidine rings is 1. The molecule has 1 fully saturated rings. The second-order valence-electron chi connectivity index (χ2n) is 5.53. The molecule has 106 valence electrons. The number of benzene rings is 1. The SMILES string of the molecule is COC(=O)N1CCC2(CC1)CC(=O)c1cc(Br)ccc12. The first-order valence-corrected chi connectivity index (χ1v) is 7.51. The maximum atomic E-state index is 12.2. The van der Waals surface area contributed by atoms with Crippen LogP contribution in [0.2, 0.25) is 0 Å². The van der Waals surface area contributed by atoms with Gasteiger partial charge in [0, 0.05) is 35.0 Å². The van der Waals surface area contributed by atoms with E-state index < -0.39 is 0 Å². The first-order chi connectivity index (χ1) is 9.55. The molecule has 0 unspecified atom stereocenters. The number of Topliss-reactive ketones (excluding diaryl/α,β-unsaturated/α-hetero) is 1. The van der Waals surface area contributed by atoms with Crippen molar-refractivity contribution in [1.82, 2.24) is 4.90 Å². The number of ether oxygens (including phenoxy) is 1. The number of hydrogen-bond acceptors (Lipinski definition) is 3. The molecular formula is C15H16BrNO3. The summed E-state index contributed by atoms with van der Waals surface area (Å²) in [5.41, 5.74) is 1.90. The van der Waals surface area contributed by atoms with Gasteiger partial charge in [-0.3, -0.25) is 4.79 Å². The fourth-order valence-electron chi connectivity index (χ4n) is 3.40. The summed E-state index contributed by atoms with van der Waals surface area (Å²) in [6.07, 6.45) is 1.93. The van der Waals surface area contributed by atoms with Crippen molar-refractivity contribution in [2.24, 2.45) is 0 Å². The third kappa shape index (κ3) is 2.04. The number of ketones is 1. The Balaban J connectivity index is 1.87. The van der Waals surface area contributed by atoms with Crippen molar-refractivity contribution in [2.75, 3.05) is 20.2 Å². The van der Waals surface area contributed by atoms with Crippen LogP contribution in [0.4, 0.5) is 4.79 Å². The molecule has 0 saturated carbocycles. The smallest absolute Gasteiger partial charge is 0.409 e. The third-order valence-electron chi connectivity index (χ3n) is 4.51. The van der Waals surface area contributed by atoms with Gasteiger partial charge in [0.05, 0.1) is 7.11 Å². The first kappa shape index (κ1) is 13.6. The average Bonchev–Trinajstić information content (AvgIpc) is 2.71. The van der Waals surface area contributed by atoms with E-state index in [1.807, 2.05) is 12.1 Å². The molecule has 1 aliphatic heterocycles. The average molecular weight is 338 g/mol. The minimum atomic E-state index is -0.278. The summed E-state index contributed by atoms with van der Waals surface area (Å²) in [4.78, 5) is 25.5. The number of amides is 1. The highest BCUT2D eigenvalue weighted by molar-refractivity contribution is 9.10. The molecule has 0 bridgehead atoms. The summed E-state index contributed by atoms with van der Waals surface area (Å²) < 4.78 is 5.70. The molecule has 0 radical (unpaired) electrons. The van der Waals surface area contributed by atoms with E-state index in [9.17, 15) is 9.59 Å². The molecule has 1 saturated heterocycles. The zero-order chi connectivity index (χ0) is 14.3. The number of rotatable bonds is 0. The highest BCUT2D eigenvalue weighted by Gasteiger charge is 2.45. The minimum absolute atomic E-state index is 0.0857. The predicted molar refractivity (Wildman–Crippen MR) is 78.0 cm³/mol. The van der Waals surface area contributed by atoms with Crippen molar-refractivity contribution in [3.05, 3.63) is 33.8 Å². The van der Waals surface area contributed by atoms with E-state index in [4.69, 9.17) is 4.74 Å². The van der Waals surface area contributed by atoms with Gasteiger partial charge in [0.1, 0.15) is 0 Å². The maximum absolute atomic E-state index is 12.2. The van der Waals surface area contributed by atoms with Crippen molar-refractivity contribution >= 4 is 27.8 Å². The fourth-order valence-corrected chi connectivity index (χ4v) is 3.76. The van der Waals surface area contributed by atoms with Gasteiger partial charge in [-0.25, -0.2) is 4.79 Å². The number of nitrogens with zero attached hydrogens (tertiary/aromatic N) is 1. The first-order valence-electron chi connectivity index (χ1n) is 6.72. The third-order valence-corrected chi connectivity index (χ3v) is 5.00. The van der Waals surface area contributed by atoms with E-state index in [-0.39, 0.29) is 17.3 Å². The van der Waals surface area contributed by atoms with Gasteiger partial charge in [-0.1, -0.05) is 22.0 Å². The lowest BCUT2D eigenvalue weighted by Gasteiger charge is -2.38. The Morgan fingerprint density at radius 3 is 2.70 bits per heavy atom. The highest BCUT2D eigenvalue weighted by Crippen LogP contribution is 2.46. The van der Waals surface area contributed by atoms with E-state index in [0.29, 0.717) is 19.5 Å². The molecule has 1 amide bonds. The minimum Gasteiger partial charge on any atom is -0.453 e. The summed E-state index contributed by atoms with van der Waals surface area (Å²) in [7, 11) is 1.40. The van der Waals surface area contributed by atoms with E-state index >= 15 is 0 Å². The van der Waals surface area contributed by atoms with Gasteiger partial charge in [0.25, 0.3) is 0 Å². The van der Waals surface area contributed by atoms with Gasteiger partial charge in [0.15, 0.2) is 5.78 Å².